The maximum atomic E-state index is 11.7. The molecule has 0 atom stereocenters. The minimum Gasteiger partial charge on any atom is -0.489 e. The Morgan fingerprint density at radius 1 is 1.11 bits per heavy atom. The van der Waals surface area contributed by atoms with E-state index in [9.17, 15) is 4.79 Å². The van der Waals surface area contributed by atoms with Crippen LogP contribution in [0.1, 0.15) is 15.9 Å². The van der Waals surface area contributed by atoms with Crippen molar-refractivity contribution in [2.45, 2.75) is 6.54 Å². The number of nitrogens with zero attached hydrogens (tertiary/aromatic N) is 1. The Hall–Kier alpha value is -2.15. The van der Waals surface area contributed by atoms with E-state index in [1.165, 1.54) is 0 Å². The molecule has 0 heterocycles. The molecule has 2 rings (SSSR count). The second kappa shape index (κ2) is 11.0. The molecule has 0 bridgehead atoms. The Balaban J connectivity index is 1.82. The lowest BCUT2D eigenvalue weighted by atomic mass is 10.1. The van der Waals surface area contributed by atoms with Gasteiger partial charge in [0.05, 0.1) is 16.6 Å². The van der Waals surface area contributed by atoms with Crippen molar-refractivity contribution in [3.63, 3.8) is 0 Å². The number of guanidine groups is 1. The van der Waals surface area contributed by atoms with E-state index in [0.717, 1.165) is 5.56 Å². The molecule has 0 unspecified atom stereocenters. The molecule has 28 heavy (non-hydrogen) atoms. The first-order valence-electron chi connectivity index (χ1n) is 8.47. The van der Waals surface area contributed by atoms with E-state index in [-0.39, 0.29) is 5.91 Å². The average Bonchev–Trinajstić information content (AvgIpc) is 2.68. The third-order valence-electron chi connectivity index (χ3n) is 3.70. The van der Waals surface area contributed by atoms with Gasteiger partial charge in [0.25, 0.3) is 5.91 Å². The Morgan fingerprint density at radius 3 is 2.46 bits per heavy atom. The number of ether oxygens (including phenoxy) is 1. The minimum atomic E-state index is -0.124. The van der Waals surface area contributed by atoms with Gasteiger partial charge < -0.3 is 20.7 Å². The van der Waals surface area contributed by atoms with E-state index in [2.05, 4.69) is 20.9 Å². The van der Waals surface area contributed by atoms with Crippen LogP contribution >= 0.6 is 34.8 Å². The SMILES string of the molecule is CN=C(NCCOc1c(Cl)cc(Cl)cc1Cl)NCc1cccc(C(=O)NC)c1. The van der Waals surface area contributed by atoms with Crippen molar-refractivity contribution in [1.82, 2.24) is 16.0 Å². The Kier molecular flexibility index (Phi) is 8.70. The summed E-state index contributed by atoms with van der Waals surface area (Å²) >= 11 is 18.1. The smallest absolute Gasteiger partial charge is 0.251 e. The van der Waals surface area contributed by atoms with Crippen LogP contribution < -0.4 is 20.7 Å². The highest BCUT2D eigenvalue weighted by Gasteiger charge is 2.09. The van der Waals surface area contributed by atoms with E-state index in [1.807, 2.05) is 18.2 Å². The van der Waals surface area contributed by atoms with Crippen molar-refractivity contribution in [1.29, 1.82) is 0 Å². The van der Waals surface area contributed by atoms with Gasteiger partial charge >= 0.3 is 0 Å². The first-order chi connectivity index (χ1) is 13.4. The predicted octanol–water partition coefficient (Wildman–Crippen LogP) is 3.75. The van der Waals surface area contributed by atoms with E-state index >= 15 is 0 Å². The molecule has 1 amide bonds. The van der Waals surface area contributed by atoms with Crippen molar-refractivity contribution >= 4 is 46.7 Å². The van der Waals surface area contributed by atoms with Gasteiger partial charge in [-0.1, -0.05) is 46.9 Å². The van der Waals surface area contributed by atoms with Gasteiger partial charge in [-0.3, -0.25) is 9.79 Å². The van der Waals surface area contributed by atoms with Gasteiger partial charge in [-0.15, -0.1) is 0 Å². The van der Waals surface area contributed by atoms with Crippen LogP contribution in [0.4, 0.5) is 0 Å². The van der Waals surface area contributed by atoms with Gasteiger partial charge in [0.1, 0.15) is 6.61 Å². The summed E-state index contributed by atoms with van der Waals surface area (Å²) < 4.78 is 5.62. The quantitative estimate of drug-likeness (QED) is 0.346. The van der Waals surface area contributed by atoms with Crippen molar-refractivity contribution in [3.05, 3.63) is 62.6 Å². The number of carbonyl (C=O) groups excluding carboxylic acids is 1. The number of amides is 1. The summed E-state index contributed by atoms with van der Waals surface area (Å²) in [4.78, 5) is 15.9. The number of aliphatic imine (C=N–C) groups is 1. The van der Waals surface area contributed by atoms with E-state index in [0.29, 0.717) is 52.0 Å². The van der Waals surface area contributed by atoms with Gasteiger partial charge in [-0.05, 0) is 29.8 Å². The molecule has 0 aliphatic carbocycles. The number of hydrogen-bond acceptors (Lipinski definition) is 3. The fourth-order valence-corrected chi connectivity index (χ4v) is 3.29. The molecule has 150 valence electrons. The third kappa shape index (κ3) is 6.48. The fraction of sp³-hybridized carbons (Fsp3) is 0.263. The van der Waals surface area contributed by atoms with Crippen molar-refractivity contribution in [2.75, 3.05) is 27.2 Å². The molecule has 9 heteroatoms. The highest BCUT2D eigenvalue weighted by molar-refractivity contribution is 6.40. The summed E-state index contributed by atoms with van der Waals surface area (Å²) in [7, 11) is 3.27. The van der Waals surface area contributed by atoms with Gasteiger partial charge in [0.15, 0.2) is 11.7 Å². The molecule has 6 nitrogen and oxygen atoms in total. The second-order valence-electron chi connectivity index (χ2n) is 5.68. The molecule has 0 saturated carbocycles. The van der Waals surface area contributed by atoms with Crippen molar-refractivity contribution < 1.29 is 9.53 Å². The normalized spacial score (nSPS) is 11.1. The number of rotatable bonds is 7. The molecule has 0 saturated heterocycles. The molecule has 0 aromatic heterocycles. The summed E-state index contributed by atoms with van der Waals surface area (Å²) in [5.74, 6) is 0.867. The summed E-state index contributed by atoms with van der Waals surface area (Å²) in [5, 5.41) is 10.1. The molecule has 0 spiro atoms. The van der Waals surface area contributed by atoms with Crippen LogP contribution in [-0.4, -0.2) is 39.1 Å². The standard InChI is InChI=1S/C19H21Cl3N4O2/c1-23-18(27)13-5-3-4-12(8-13)11-26-19(24-2)25-6-7-28-17-15(21)9-14(20)10-16(17)22/h3-5,8-10H,6-7,11H2,1-2H3,(H,23,27)(H2,24,25,26). The summed E-state index contributed by atoms with van der Waals surface area (Å²) in [6.45, 7) is 1.32. The van der Waals surface area contributed by atoms with Gasteiger partial charge in [0.2, 0.25) is 0 Å². The van der Waals surface area contributed by atoms with Crippen LogP contribution in [-0.2, 0) is 6.54 Å². The molecule has 0 fully saturated rings. The maximum absolute atomic E-state index is 11.7. The molecule has 2 aromatic rings. The number of halogens is 3. The zero-order valence-corrected chi connectivity index (χ0v) is 17.8. The average molecular weight is 444 g/mol. The lowest BCUT2D eigenvalue weighted by molar-refractivity contribution is 0.0963. The highest BCUT2D eigenvalue weighted by Crippen LogP contribution is 2.35. The molecule has 0 radical (unpaired) electrons. The number of hydrogen-bond donors (Lipinski definition) is 3. The number of benzene rings is 2. The van der Waals surface area contributed by atoms with Crippen LogP contribution in [0.25, 0.3) is 0 Å². The van der Waals surface area contributed by atoms with Gasteiger partial charge in [-0.25, -0.2) is 0 Å². The molecular formula is C19H21Cl3N4O2. The Morgan fingerprint density at radius 2 is 1.82 bits per heavy atom. The highest BCUT2D eigenvalue weighted by atomic mass is 35.5. The lowest BCUT2D eigenvalue weighted by Crippen LogP contribution is -2.38. The van der Waals surface area contributed by atoms with Crippen LogP contribution in [0, 0.1) is 0 Å². The van der Waals surface area contributed by atoms with Gasteiger partial charge in [-0.2, -0.15) is 0 Å². The zero-order valence-electron chi connectivity index (χ0n) is 15.5. The molecular weight excluding hydrogens is 423 g/mol. The van der Waals surface area contributed by atoms with E-state index in [1.54, 1.807) is 32.3 Å². The van der Waals surface area contributed by atoms with Crippen LogP contribution in [0.3, 0.4) is 0 Å². The molecule has 0 aliphatic heterocycles. The molecule has 2 aromatic carbocycles. The van der Waals surface area contributed by atoms with E-state index in [4.69, 9.17) is 39.5 Å². The predicted molar refractivity (Wildman–Crippen MR) is 115 cm³/mol. The number of carbonyl (C=O) groups is 1. The number of nitrogens with one attached hydrogen (secondary N) is 3. The summed E-state index contributed by atoms with van der Waals surface area (Å²) in [5.41, 5.74) is 1.56. The first-order valence-corrected chi connectivity index (χ1v) is 9.61. The fourth-order valence-electron chi connectivity index (χ4n) is 2.36. The largest absolute Gasteiger partial charge is 0.489 e. The third-order valence-corrected chi connectivity index (χ3v) is 4.48. The maximum Gasteiger partial charge on any atom is 0.251 e. The lowest BCUT2D eigenvalue weighted by Gasteiger charge is -2.14. The topological polar surface area (TPSA) is 74.8 Å². The van der Waals surface area contributed by atoms with Crippen LogP contribution in [0.2, 0.25) is 15.1 Å². The van der Waals surface area contributed by atoms with Crippen LogP contribution in [0.15, 0.2) is 41.4 Å². The Labute approximate surface area is 179 Å². The second-order valence-corrected chi connectivity index (χ2v) is 6.93. The minimum absolute atomic E-state index is 0.124. The summed E-state index contributed by atoms with van der Waals surface area (Å²) in [6, 6.07) is 10.5. The molecule has 0 aliphatic rings. The van der Waals surface area contributed by atoms with Crippen LogP contribution in [0.5, 0.6) is 5.75 Å². The van der Waals surface area contributed by atoms with Crippen molar-refractivity contribution in [3.8, 4) is 5.75 Å². The molecule has 3 N–H and O–H groups in total. The monoisotopic (exact) mass is 442 g/mol. The van der Waals surface area contributed by atoms with E-state index < -0.39 is 0 Å². The Bertz CT molecular complexity index is 836. The van der Waals surface area contributed by atoms with Gasteiger partial charge in [0, 0.05) is 31.2 Å². The van der Waals surface area contributed by atoms with Crippen molar-refractivity contribution in [2.24, 2.45) is 4.99 Å². The summed E-state index contributed by atoms with van der Waals surface area (Å²) in [6.07, 6.45) is 0. The first kappa shape index (κ1) is 22.1. The zero-order chi connectivity index (χ0) is 20.5.